The summed E-state index contributed by atoms with van der Waals surface area (Å²) < 4.78 is 0. The first-order valence-electron chi connectivity index (χ1n) is 11.9. The summed E-state index contributed by atoms with van der Waals surface area (Å²) in [6.45, 7) is 4.42. The SMILES string of the molecule is Cc1ccccc1-c1ccc2ccccc2c1-c1c(-c2ccccc2C)ccc2ccccc12. The molecule has 0 bridgehead atoms. The molecule has 0 aliphatic heterocycles. The van der Waals surface area contributed by atoms with Gasteiger partial charge in [0.25, 0.3) is 0 Å². The quantitative estimate of drug-likeness (QED) is 0.260. The highest BCUT2D eigenvalue weighted by atomic mass is 14.2. The molecule has 0 amide bonds. The van der Waals surface area contributed by atoms with Crippen LogP contribution in [0.15, 0.2) is 121 Å². The van der Waals surface area contributed by atoms with E-state index in [1.165, 1.54) is 66.1 Å². The Balaban J connectivity index is 1.84. The molecular weight excluding hydrogens is 408 g/mol. The van der Waals surface area contributed by atoms with Crippen molar-refractivity contribution < 1.29 is 0 Å². The maximum Gasteiger partial charge on any atom is -0.00142 e. The van der Waals surface area contributed by atoms with Gasteiger partial charge in [-0.2, -0.15) is 0 Å². The predicted molar refractivity (Wildman–Crippen MR) is 147 cm³/mol. The minimum absolute atomic E-state index is 1.26. The summed E-state index contributed by atoms with van der Waals surface area (Å²) in [4.78, 5) is 0. The molecule has 0 saturated carbocycles. The van der Waals surface area contributed by atoms with Crippen LogP contribution in [0, 0.1) is 13.8 Å². The second-order valence-corrected chi connectivity index (χ2v) is 9.05. The molecule has 0 spiro atoms. The third kappa shape index (κ3) is 3.31. The van der Waals surface area contributed by atoms with Crippen LogP contribution in [0.1, 0.15) is 11.1 Å². The Hall–Kier alpha value is -4.16. The van der Waals surface area contributed by atoms with E-state index < -0.39 is 0 Å². The molecular formula is C34H26. The fourth-order valence-corrected chi connectivity index (χ4v) is 5.28. The summed E-state index contributed by atoms with van der Waals surface area (Å²) in [6, 6.07) is 44.2. The molecule has 0 aliphatic rings. The van der Waals surface area contributed by atoms with Crippen molar-refractivity contribution in [3.05, 3.63) is 132 Å². The highest BCUT2D eigenvalue weighted by Crippen LogP contribution is 2.46. The van der Waals surface area contributed by atoms with E-state index in [9.17, 15) is 0 Å². The highest BCUT2D eigenvalue weighted by Gasteiger charge is 2.20. The Kier molecular flexibility index (Phi) is 5.00. The Labute approximate surface area is 201 Å². The molecule has 162 valence electrons. The fourth-order valence-electron chi connectivity index (χ4n) is 5.28. The zero-order chi connectivity index (χ0) is 23.1. The second-order valence-electron chi connectivity index (χ2n) is 9.05. The van der Waals surface area contributed by atoms with Crippen molar-refractivity contribution in [1.82, 2.24) is 0 Å². The number of hydrogen-bond donors (Lipinski definition) is 0. The van der Waals surface area contributed by atoms with E-state index in [-0.39, 0.29) is 0 Å². The molecule has 0 fully saturated rings. The summed E-state index contributed by atoms with van der Waals surface area (Å²) in [5, 5.41) is 5.10. The molecule has 6 rings (SSSR count). The largest absolute Gasteiger partial charge is 0.0620 e. The van der Waals surface area contributed by atoms with Gasteiger partial charge in [0.15, 0.2) is 0 Å². The van der Waals surface area contributed by atoms with Crippen molar-refractivity contribution in [3.8, 4) is 33.4 Å². The van der Waals surface area contributed by atoms with E-state index in [1.54, 1.807) is 0 Å². The van der Waals surface area contributed by atoms with Crippen molar-refractivity contribution in [2.45, 2.75) is 13.8 Å². The van der Waals surface area contributed by atoms with Crippen molar-refractivity contribution in [2.75, 3.05) is 0 Å². The standard InChI is InChI=1S/C34H26/c1-23-11-3-7-15-27(23)31-21-19-25-13-5-9-17-29(25)33(31)34-30-18-10-6-14-26(30)20-22-32(34)28-16-8-4-12-24(28)2/h3-22H,1-2H3. The van der Waals surface area contributed by atoms with Gasteiger partial charge in [-0.3, -0.25) is 0 Å². The van der Waals surface area contributed by atoms with E-state index in [1.807, 2.05) is 0 Å². The van der Waals surface area contributed by atoms with E-state index >= 15 is 0 Å². The maximum atomic E-state index is 2.31. The monoisotopic (exact) mass is 434 g/mol. The molecule has 0 heteroatoms. The number of benzene rings is 6. The highest BCUT2D eigenvalue weighted by molar-refractivity contribution is 6.15. The van der Waals surface area contributed by atoms with Crippen LogP contribution in [0.3, 0.4) is 0 Å². The van der Waals surface area contributed by atoms with Crippen LogP contribution in [-0.4, -0.2) is 0 Å². The molecule has 0 saturated heterocycles. The van der Waals surface area contributed by atoms with Crippen molar-refractivity contribution in [1.29, 1.82) is 0 Å². The van der Waals surface area contributed by atoms with Crippen LogP contribution in [0.2, 0.25) is 0 Å². The van der Waals surface area contributed by atoms with E-state index in [4.69, 9.17) is 0 Å². The first-order valence-corrected chi connectivity index (χ1v) is 11.9. The van der Waals surface area contributed by atoms with Crippen molar-refractivity contribution in [3.63, 3.8) is 0 Å². The van der Waals surface area contributed by atoms with Gasteiger partial charge in [0.05, 0.1) is 0 Å². The molecule has 0 unspecified atom stereocenters. The van der Waals surface area contributed by atoms with Gasteiger partial charge in [0.2, 0.25) is 0 Å². The molecule has 0 heterocycles. The van der Waals surface area contributed by atoms with E-state index in [2.05, 4.69) is 135 Å². The minimum atomic E-state index is 1.26. The Morgan fingerprint density at radius 3 is 1.15 bits per heavy atom. The normalized spacial score (nSPS) is 11.2. The molecule has 0 aromatic heterocycles. The minimum Gasteiger partial charge on any atom is -0.0620 e. The van der Waals surface area contributed by atoms with Gasteiger partial charge < -0.3 is 0 Å². The van der Waals surface area contributed by atoms with Gasteiger partial charge in [-0.15, -0.1) is 0 Å². The lowest BCUT2D eigenvalue weighted by Crippen LogP contribution is -1.95. The van der Waals surface area contributed by atoms with Crippen LogP contribution >= 0.6 is 0 Å². The average molecular weight is 435 g/mol. The summed E-state index contributed by atoms with van der Waals surface area (Å²) in [5.74, 6) is 0. The summed E-state index contributed by atoms with van der Waals surface area (Å²) >= 11 is 0. The van der Waals surface area contributed by atoms with E-state index in [0.717, 1.165) is 0 Å². The molecule has 0 aliphatic carbocycles. The zero-order valence-corrected chi connectivity index (χ0v) is 19.5. The number of fused-ring (bicyclic) bond motifs is 2. The number of rotatable bonds is 3. The van der Waals surface area contributed by atoms with Gasteiger partial charge >= 0.3 is 0 Å². The molecule has 6 aromatic carbocycles. The first-order chi connectivity index (χ1) is 16.7. The molecule has 34 heavy (non-hydrogen) atoms. The van der Waals surface area contributed by atoms with Crippen molar-refractivity contribution >= 4 is 21.5 Å². The molecule has 6 aromatic rings. The summed E-state index contributed by atoms with van der Waals surface area (Å²) in [5.41, 5.74) is 10.3. The van der Waals surface area contributed by atoms with E-state index in [0.29, 0.717) is 0 Å². The molecule has 0 nitrogen and oxygen atoms in total. The lowest BCUT2D eigenvalue weighted by Gasteiger charge is -2.21. The lowest BCUT2D eigenvalue weighted by atomic mass is 9.82. The maximum absolute atomic E-state index is 2.31. The van der Waals surface area contributed by atoms with Crippen LogP contribution in [0.5, 0.6) is 0 Å². The Morgan fingerprint density at radius 2 is 0.706 bits per heavy atom. The first kappa shape index (κ1) is 20.4. The predicted octanol–water partition coefficient (Wildman–Crippen LogP) is 9.61. The summed E-state index contributed by atoms with van der Waals surface area (Å²) in [6.07, 6.45) is 0. The van der Waals surface area contributed by atoms with Crippen molar-refractivity contribution in [2.24, 2.45) is 0 Å². The van der Waals surface area contributed by atoms with Gasteiger partial charge in [-0.05, 0) is 79.9 Å². The Bertz CT molecular complexity index is 1540. The smallest absolute Gasteiger partial charge is 0.00142 e. The number of hydrogen-bond acceptors (Lipinski definition) is 0. The molecule has 0 atom stereocenters. The lowest BCUT2D eigenvalue weighted by molar-refractivity contribution is 1.45. The van der Waals surface area contributed by atoms with Gasteiger partial charge in [0, 0.05) is 0 Å². The average Bonchev–Trinajstić information content (AvgIpc) is 2.88. The third-order valence-corrected chi connectivity index (χ3v) is 6.98. The topological polar surface area (TPSA) is 0 Å². The van der Waals surface area contributed by atoms with Gasteiger partial charge in [-0.1, -0.05) is 121 Å². The zero-order valence-electron chi connectivity index (χ0n) is 19.5. The number of aryl methyl sites for hydroxylation is 2. The van der Waals surface area contributed by atoms with Gasteiger partial charge in [-0.25, -0.2) is 0 Å². The molecule has 0 radical (unpaired) electrons. The third-order valence-electron chi connectivity index (χ3n) is 6.98. The fraction of sp³-hybridized carbons (Fsp3) is 0.0588. The van der Waals surface area contributed by atoms with Crippen LogP contribution in [-0.2, 0) is 0 Å². The van der Waals surface area contributed by atoms with Crippen LogP contribution in [0.4, 0.5) is 0 Å². The summed E-state index contributed by atoms with van der Waals surface area (Å²) in [7, 11) is 0. The Morgan fingerprint density at radius 1 is 0.324 bits per heavy atom. The molecule has 0 N–H and O–H groups in total. The van der Waals surface area contributed by atoms with Crippen LogP contribution < -0.4 is 0 Å². The van der Waals surface area contributed by atoms with Gasteiger partial charge in [0.1, 0.15) is 0 Å². The second kappa shape index (κ2) is 8.32. The van der Waals surface area contributed by atoms with Crippen LogP contribution in [0.25, 0.3) is 54.9 Å².